The summed E-state index contributed by atoms with van der Waals surface area (Å²) in [6.07, 6.45) is 0. The molecule has 0 spiro atoms. The minimum Gasteiger partial charge on any atom is -0.368 e. The minimum atomic E-state index is -0.826. The predicted octanol–water partition coefficient (Wildman–Crippen LogP) is 0.581. The van der Waals surface area contributed by atoms with Gasteiger partial charge in [-0.3, -0.25) is 14.4 Å². The molecule has 0 aliphatic carbocycles. The second-order valence-corrected chi connectivity index (χ2v) is 5.34. The van der Waals surface area contributed by atoms with Crippen molar-refractivity contribution in [1.29, 1.82) is 0 Å². The lowest BCUT2D eigenvalue weighted by molar-refractivity contribution is -0.119. The van der Waals surface area contributed by atoms with Gasteiger partial charge in [-0.2, -0.15) is 5.10 Å². The van der Waals surface area contributed by atoms with Gasteiger partial charge in [0.05, 0.1) is 11.4 Å². The molecular weight excluding hydrogens is 284 g/mol. The van der Waals surface area contributed by atoms with Crippen LogP contribution in [0.1, 0.15) is 37.3 Å². The summed E-state index contributed by atoms with van der Waals surface area (Å²) in [5.41, 5.74) is 4.98. The number of rotatable bonds is 4. The second kappa shape index (κ2) is 5.97. The maximum Gasteiger partial charge on any atom is 0.274 e. The number of hydrogen-bond donors (Lipinski definition) is 2. The zero-order valence-electron chi connectivity index (χ0n) is 12.7. The Bertz CT molecular complexity index is 795. The van der Waals surface area contributed by atoms with E-state index in [1.54, 1.807) is 38.1 Å². The van der Waals surface area contributed by atoms with E-state index in [1.165, 1.54) is 11.6 Å². The van der Waals surface area contributed by atoms with Crippen LogP contribution in [0.5, 0.6) is 0 Å². The molecule has 0 saturated heterocycles. The second-order valence-electron chi connectivity index (χ2n) is 5.34. The molecule has 7 nitrogen and oxygen atoms in total. The molecule has 0 radical (unpaired) electrons. The Hall–Kier alpha value is -2.70. The molecule has 1 unspecified atom stereocenters. The summed E-state index contributed by atoms with van der Waals surface area (Å²) in [5.74, 6) is -1.19. The zero-order valence-corrected chi connectivity index (χ0v) is 12.7. The lowest BCUT2D eigenvalue weighted by Gasteiger charge is -2.15. The average Bonchev–Trinajstić information content (AvgIpc) is 2.47. The number of carbonyl (C=O) groups excluding carboxylic acids is 2. The van der Waals surface area contributed by atoms with Crippen LogP contribution in [-0.4, -0.2) is 27.6 Å². The molecule has 1 heterocycles. The highest BCUT2D eigenvalue weighted by Gasteiger charge is 2.20. The molecule has 2 rings (SSSR count). The highest BCUT2D eigenvalue weighted by Crippen LogP contribution is 2.14. The van der Waals surface area contributed by atoms with Gasteiger partial charge in [-0.25, -0.2) is 4.68 Å². The van der Waals surface area contributed by atoms with Crippen LogP contribution >= 0.6 is 0 Å². The van der Waals surface area contributed by atoms with Gasteiger partial charge in [0.2, 0.25) is 5.91 Å². The van der Waals surface area contributed by atoms with Crippen molar-refractivity contribution in [1.82, 2.24) is 15.1 Å². The molecule has 1 atom stereocenters. The molecule has 0 aliphatic rings. The van der Waals surface area contributed by atoms with E-state index in [4.69, 9.17) is 5.73 Å². The lowest BCUT2D eigenvalue weighted by atomic mass is 10.1. The molecule has 116 valence electrons. The number of nitrogens with one attached hydrogen (secondary N) is 1. The Balaban J connectivity index is 2.62. The average molecular weight is 302 g/mol. The van der Waals surface area contributed by atoms with Gasteiger partial charge in [-0.15, -0.1) is 0 Å². The highest BCUT2D eigenvalue weighted by atomic mass is 16.2. The number of amides is 2. The van der Waals surface area contributed by atoms with Crippen LogP contribution in [0.4, 0.5) is 0 Å². The van der Waals surface area contributed by atoms with Crippen LogP contribution in [0.2, 0.25) is 0 Å². The van der Waals surface area contributed by atoms with Gasteiger partial charge < -0.3 is 11.1 Å². The number of nitrogens with two attached hydrogens (primary N) is 1. The van der Waals surface area contributed by atoms with E-state index < -0.39 is 17.9 Å². The number of benzene rings is 1. The third kappa shape index (κ3) is 2.83. The van der Waals surface area contributed by atoms with Gasteiger partial charge in [0.25, 0.3) is 11.5 Å². The van der Waals surface area contributed by atoms with Crippen LogP contribution in [0.25, 0.3) is 10.8 Å². The summed E-state index contributed by atoms with van der Waals surface area (Å²) >= 11 is 0. The molecule has 0 fully saturated rings. The maximum absolute atomic E-state index is 12.4. The molecule has 1 aromatic heterocycles. The molecule has 3 N–H and O–H groups in total. The van der Waals surface area contributed by atoms with Crippen molar-refractivity contribution in [3.63, 3.8) is 0 Å². The van der Waals surface area contributed by atoms with Crippen molar-refractivity contribution >= 4 is 22.6 Å². The lowest BCUT2D eigenvalue weighted by Crippen LogP contribution is -2.43. The van der Waals surface area contributed by atoms with Crippen LogP contribution < -0.4 is 16.6 Å². The predicted molar refractivity (Wildman–Crippen MR) is 82.5 cm³/mol. The third-order valence-corrected chi connectivity index (χ3v) is 3.31. The summed E-state index contributed by atoms with van der Waals surface area (Å²) in [6, 6.07) is 5.72. The molecule has 0 aliphatic heterocycles. The van der Waals surface area contributed by atoms with Gasteiger partial charge in [0.15, 0.2) is 5.69 Å². The molecule has 2 aromatic rings. The molecule has 2 amide bonds. The van der Waals surface area contributed by atoms with Crippen molar-refractivity contribution in [2.75, 3.05) is 0 Å². The summed E-state index contributed by atoms with van der Waals surface area (Å²) < 4.78 is 1.26. The summed E-state index contributed by atoms with van der Waals surface area (Å²) in [6.45, 7) is 5.09. The highest BCUT2D eigenvalue weighted by molar-refractivity contribution is 6.05. The van der Waals surface area contributed by atoms with Crippen molar-refractivity contribution in [3.05, 3.63) is 40.3 Å². The van der Waals surface area contributed by atoms with Gasteiger partial charge in [0, 0.05) is 5.39 Å². The normalized spacial score (nSPS) is 12.4. The Morgan fingerprint density at radius 3 is 2.32 bits per heavy atom. The Labute approximate surface area is 127 Å². The first-order chi connectivity index (χ1) is 10.3. The zero-order chi connectivity index (χ0) is 16.4. The van der Waals surface area contributed by atoms with Gasteiger partial charge >= 0.3 is 0 Å². The van der Waals surface area contributed by atoms with Crippen LogP contribution in [0.15, 0.2) is 29.1 Å². The molecule has 1 aromatic carbocycles. The van der Waals surface area contributed by atoms with E-state index >= 15 is 0 Å². The van der Waals surface area contributed by atoms with E-state index in [1.807, 2.05) is 0 Å². The fourth-order valence-electron chi connectivity index (χ4n) is 2.06. The number of fused-ring (bicyclic) bond motifs is 1. The number of primary amides is 1. The van der Waals surface area contributed by atoms with Crippen LogP contribution in [0, 0.1) is 0 Å². The smallest absolute Gasteiger partial charge is 0.274 e. The number of carbonyl (C=O) groups is 2. The first-order valence-electron chi connectivity index (χ1n) is 6.94. The maximum atomic E-state index is 12.4. The van der Waals surface area contributed by atoms with Crippen molar-refractivity contribution in [3.8, 4) is 0 Å². The fraction of sp³-hybridized carbons (Fsp3) is 0.333. The Morgan fingerprint density at radius 1 is 1.18 bits per heavy atom. The summed E-state index contributed by atoms with van der Waals surface area (Å²) in [7, 11) is 0. The molecule has 0 bridgehead atoms. The first kappa shape index (κ1) is 15.7. The molecule has 7 heteroatoms. The minimum absolute atomic E-state index is 0.0944. The van der Waals surface area contributed by atoms with E-state index in [-0.39, 0.29) is 17.3 Å². The molecule has 22 heavy (non-hydrogen) atoms. The van der Waals surface area contributed by atoms with Crippen molar-refractivity contribution < 1.29 is 9.59 Å². The largest absolute Gasteiger partial charge is 0.368 e. The van der Waals surface area contributed by atoms with Gasteiger partial charge in [-0.1, -0.05) is 18.2 Å². The Kier molecular flexibility index (Phi) is 4.25. The van der Waals surface area contributed by atoms with Crippen molar-refractivity contribution in [2.45, 2.75) is 32.9 Å². The standard InChI is InChI=1S/C15H18N4O3/c1-8(2)19-15(22)11-7-5-4-6-10(11)12(18-19)14(21)17-9(3)13(16)20/h4-9H,1-3H3,(H2,16,20)(H,17,21). The number of aromatic nitrogens is 2. The molecule has 0 saturated carbocycles. The Morgan fingerprint density at radius 2 is 1.77 bits per heavy atom. The van der Waals surface area contributed by atoms with E-state index in [0.717, 1.165) is 0 Å². The van der Waals surface area contributed by atoms with Gasteiger partial charge in [0.1, 0.15) is 6.04 Å². The first-order valence-corrected chi connectivity index (χ1v) is 6.94. The fourth-order valence-corrected chi connectivity index (χ4v) is 2.06. The summed E-state index contributed by atoms with van der Waals surface area (Å²) in [5, 5.41) is 7.48. The van der Waals surface area contributed by atoms with E-state index in [2.05, 4.69) is 10.4 Å². The topological polar surface area (TPSA) is 107 Å². The van der Waals surface area contributed by atoms with E-state index in [9.17, 15) is 14.4 Å². The SMILES string of the molecule is CC(NC(=O)c1nn(C(C)C)c(=O)c2ccccc12)C(N)=O. The van der Waals surface area contributed by atoms with Crippen LogP contribution in [0.3, 0.4) is 0 Å². The summed E-state index contributed by atoms with van der Waals surface area (Å²) in [4.78, 5) is 35.8. The molecular formula is C15H18N4O3. The number of hydrogen-bond acceptors (Lipinski definition) is 4. The quantitative estimate of drug-likeness (QED) is 0.861. The van der Waals surface area contributed by atoms with Crippen LogP contribution in [-0.2, 0) is 4.79 Å². The number of nitrogens with zero attached hydrogens (tertiary/aromatic N) is 2. The monoisotopic (exact) mass is 302 g/mol. The van der Waals surface area contributed by atoms with Crippen molar-refractivity contribution in [2.24, 2.45) is 5.73 Å². The third-order valence-electron chi connectivity index (χ3n) is 3.31. The van der Waals surface area contributed by atoms with Gasteiger partial charge in [-0.05, 0) is 26.8 Å². The van der Waals surface area contributed by atoms with E-state index in [0.29, 0.717) is 10.8 Å².